The van der Waals surface area contributed by atoms with E-state index in [-0.39, 0.29) is 0 Å². The van der Waals surface area contributed by atoms with Crippen molar-refractivity contribution in [1.82, 2.24) is 14.5 Å². The third kappa shape index (κ3) is 2.09. The summed E-state index contributed by atoms with van der Waals surface area (Å²) in [6.45, 7) is 2.89. The van der Waals surface area contributed by atoms with Crippen molar-refractivity contribution in [3.8, 4) is 0 Å². The van der Waals surface area contributed by atoms with Crippen molar-refractivity contribution in [2.45, 2.75) is 19.9 Å². The van der Waals surface area contributed by atoms with Gasteiger partial charge in [-0.2, -0.15) is 0 Å². The third-order valence-corrected chi connectivity index (χ3v) is 2.23. The van der Waals surface area contributed by atoms with Crippen molar-refractivity contribution >= 4 is 36.7 Å². The molecule has 0 aliphatic heterocycles. The van der Waals surface area contributed by atoms with Crippen LogP contribution in [-0.2, 0) is 6.54 Å². The van der Waals surface area contributed by atoms with E-state index in [4.69, 9.17) is 36.7 Å². The molecule has 12 heavy (non-hydrogen) atoms. The molecule has 0 aliphatic carbocycles. The zero-order chi connectivity index (χ0) is 9.14. The Balaban J connectivity index is 3.39. The summed E-state index contributed by atoms with van der Waals surface area (Å²) in [5.41, 5.74) is 0. The van der Waals surface area contributed by atoms with E-state index in [1.807, 2.05) is 4.57 Å². The van der Waals surface area contributed by atoms with Gasteiger partial charge in [0.2, 0.25) is 0 Å². The van der Waals surface area contributed by atoms with E-state index in [9.17, 15) is 0 Å². The first-order chi connectivity index (χ1) is 5.65. The van der Waals surface area contributed by atoms with Crippen molar-refractivity contribution < 1.29 is 0 Å². The van der Waals surface area contributed by atoms with Gasteiger partial charge in [-0.15, -0.1) is 0 Å². The summed E-state index contributed by atoms with van der Waals surface area (Å²) in [5.74, 6) is 0. The minimum atomic E-state index is 0.484. The second-order valence-corrected chi connectivity index (χ2v) is 3.52. The predicted molar refractivity (Wildman–Crippen MR) is 55.9 cm³/mol. The zero-order valence-corrected chi connectivity index (χ0v) is 9.04. The Bertz CT molecular complexity index is 390. The van der Waals surface area contributed by atoms with Crippen LogP contribution in [0.1, 0.15) is 13.3 Å². The summed E-state index contributed by atoms with van der Waals surface area (Å²) < 4.78 is 3.48. The van der Waals surface area contributed by atoms with E-state index in [0.29, 0.717) is 14.3 Å². The lowest BCUT2D eigenvalue weighted by Gasteiger charge is -2.03. The normalized spacial score (nSPS) is 10.1. The molecule has 6 heteroatoms. The van der Waals surface area contributed by atoms with E-state index in [1.54, 1.807) is 0 Å². The van der Waals surface area contributed by atoms with Crippen molar-refractivity contribution in [1.29, 1.82) is 0 Å². The van der Waals surface area contributed by atoms with Crippen molar-refractivity contribution in [3.05, 3.63) is 14.3 Å². The van der Waals surface area contributed by atoms with Crippen LogP contribution in [0.15, 0.2) is 0 Å². The second kappa shape index (κ2) is 4.06. The van der Waals surface area contributed by atoms with Gasteiger partial charge in [-0.3, -0.25) is 4.57 Å². The van der Waals surface area contributed by atoms with Gasteiger partial charge >= 0.3 is 0 Å². The van der Waals surface area contributed by atoms with E-state index < -0.39 is 0 Å². The zero-order valence-electron chi connectivity index (χ0n) is 6.59. The Morgan fingerprint density at radius 3 is 2.08 bits per heavy atom. The molecule has 0 fully saturated rings. The summed E-state index contributed by atoms with van der Waals surface area (Å²) in [4.78, 5) is 5.67. The molecule has 1 heterocycles. The van der Waals surface area contributed by atoms with Crippen LogP contribution < -0.4 is 0 Å². The van der Waals surface area contributed by atoms with Gasteiger partial charge in [-0.25, -0.2) is 0 Å². The maximum Gasteiger partial charge on any atom is 0.181 e. The lowest BCUT2D eigenvalue weighted by atomic mass is 10.5. The van der Waals surface area contributed by atoms with Crippen molar-refractivity contribution in [2.75, 3.05) is 0 Å². The molecule has 0 radical (unpaired) electrons. The number of nitrogens with zero attached hydrogens (tertiary/aromatic N) is 1. The quantitative estimate of drug-likeness (QED) is 0.751. The highest BCUT2D eigenvalue weighted by Gasteiger charge is 1.92. The van der Waals surface area contributed by atoms with Crippen molar-refractivity contribution in [3.63, 3.8) is 0 Å². The van der Waals surface area contributed by atoms with Gasteiger partial charge in [0.05, 0.1) is 0 Å². The van der Waals surface area contributed by atoms with Gasteiger partial charge in [0.25, 0.3) is 0 Å². The van der Waals surface area contributed by atoms with Crippen LogP contribution in [-0.4, -0.2) is 14.5 Å². The molecule has 0 unspecified atom stereocenters. The summed E-state index contributed by atoms with van der Waals surface area (Å²) in [5, 5.41) is 0. The van der Waals surface area contributed by atoms with Gasteiger partial charge in [0, 0.05) is 6.54 Å². The fourth-order valence-corrected chi connectivity index (χ4v) is 1.83. The molecule has 0 spiro atoms. The summed E-state index contributed by atoms with van der Waals surface area (Å²) in [6.07, 6.45) is 0.996. The lowest BCUT2D eigenvalue weighted by molar-refractivity contribution is 0.622. The molecule has 1 aromatic rings. The number of aromatic nitrogens is 3. The van der Waals surface area contributed by atoms with Crippen molar-refractivity contribution in [2.24, 2.45) is 0 Å². The van der Waals surface area contributed by atoms with Crippen LogP contribution in [0.4, 0.5) is 0 Å². The maximum absolute atomic E-state index is 5.05. The fraction of sp³-hybridized carbons (Fsp3) is 0.500. The molecule has 2 N–H and O–H groups in total. The third-order valence-electron chi connectivity index (χ3n) is 1.38. The number of H-pyrrole nitrogens is 2. The van der Waals surface area contributed by atoms with Gasteiger partial charge in [0.1, 0.15) is 0 Å². The Labute approximate surface area is 85.5 Å². The Hall–Kier alpha value is -0.330. The molecule has 0 saturated heterocycles. The van der Waals surface area contributed by atoms with E-state index >= 15 is 0 Å². The fourth-order valence-electron chi connectivity index (χ4n) is 0.879. The van der Waals surface area contributed by atoms with Crippen LogP contribution in [0.5, 0.6) is 0 Å². The minimum Gasteiger partial charge on any atom is -0.309 e. The average Bonchev–Trinajstić information content (AvgIpc) is 1.96. The first-order valence-corrected chi connectivity index (χ1v) is 4.81. The molecule has 0 atom stereocenters. The van der Waals surface area contributed by atoms with Gasteiger partial charge in [-0.1, -0.05) is 6.92 Å². The molecule has 3 nitrogen and oxygen atoms in total. The van der Waals surface area contributed by atoms with E-state index in [1.165, 1.54) is 0 Å². The molecule has 1 rings (SSSR count). The van der Waals surface area contributed by atoms with Crippen LogP contribution in [0, 0.1) is 14.3 Å². The molecule has 0 aliphatic rings. The number of aromatic amines is 2. The van der Waals surface area contributed by atoms with Crippen LogP contribution in [0.3, 0.4) is 0 Å². The lowest BCUT2D eigenvalue weighted by Crippen LogP contribution is -2.05. The standard InChI is InChI=1S/C6H9N3S3/c1-2-3-9-5(11)7-4(10)8-6(9)12/h2-3H2,1H3,(H2,7,8,10,11,12). The summed E-state index contributed by atoms with van der Waals surface area (Å²) in [7, 11) is 0. The molecule has 66 valence electrons. The SMILES string of the molecule is CCCn1c(=S)[nH]c(=S)[nH]c1=S. The number of hydrogen-bond acceptors (Lipinski definition) is 3. The molecule has 0 bridgehead atoms. The highest BCUT2D eigenvalue weighted by molar-refractivity contribution is 7.72. The van der Waals surface area contributed by atoms with Crippen LogP contribution >= 0.6 is 36.7 Å². The Kier molecular flexibility index (Phi) is 3.30. The first-order valence-electron chi connectivity index (χ1n) is 3.58. The summed E-state index contributed by atoms with van der Waals surface area (Å²) in [6, 6.07) is 0. The maximum atomic E-state index is 5.05. The molecule has 0 amide bonds. The van der Waals surface area contributed by atoms with Gasteiger partial charge < -0.3 is 9.97 Å². The monoisotopic (exact) mass is 219 g/mol. The van der Waals surface area contributed by atoms with E-state index in [2.05, 4.69) is 16.9 Å². The Morgan fingerprint density at radius 2 is 1.67 bits per heavy atom. The number of rotatable bonds is 2. The van der Waals surface area contributed by atoms with E-state index in [0.717, 1.165) is 13.0 Å². The molecular formula is C6H9N3S3. The number of nitrogens with one attached hydrogen (secondary N) is 2. The molecule has 0 saturated carbocycles. The van der Waals surface area contributed by atoms with Crippen LogP contribution in [0.2, 0.25) is 0 Å². The average molecular weight is 219 g/mol. The molecule has 1 aromatic heterocycles. The molecular weight excluding hydrogens is 210 g/mol. The van der Waals surface area contributed by atoms with Gasteiger partial charge in [-0.05, 0) is 43.1 Å². The second-order valence-electron chi connectivity index (χ2n) is 2.34. The smallest absolute Gasteiger partial charge is 0.181 e. The van der Waals surface area contributed by atoms with Crippen LogP contribution in [0.25, 0.3) is 0 Å². The minimum absolute atomic E-state index is 0.484. The number of hydrogen-bond donors (Lipinski definition) is 2. The topological polar surface area (TPSA) is 36.5 Å². The van der Waals surface area contributed by atoms with Gasteiger partial charge in [0.15, 0.2) is 14.3 Å². The Morgan fingerprint density at radius 1 is 1.17 bits per heavy atom. The summed E-state index contributed by atoms with van der Waals surface area (Å²) >= 11 is 15.0. The largest absolute Gasteiger partial charge is 0.309 e. The first kappa shape index (κ1) is 9.76. The molecule has 0 aromatic carbocycles. The highest BCUT2D eigenvalue weighted by Crippen LogP contribution is 1.94. The predicted octanol–water partition coefficient (Wildman–Crippen LogP) is 2.74. The highest BCUT2D eigenvalue weighted by atomic mass is 32.1.